The fraction of sp³-hybridized carbons (Fsp3) is 0.294. The van der Waals surface area contributed by atoms with Gasteiger partial charge in [0, 0.05) is 29.9 Å². The molecule has 0 amide bonds. The number of rotatable bonds is 5. The largest absolute Gasteiger partial charge is 0.419 e. The molecule has 2 aromatic heterocycles. The number of aromatic amines is 1. The molecule has 1 aromatic carbocycles. The average molecular weight is 416 g/mol. The third kappa shape index (κ3) is 3.74. The lowest BCUT2D eigenvalue weighted by atomic mass is 10.1. The van der Waals surface area contributed by atoms with Gasteiger partial charge in [0.1, 0.15) is 18.5 Å². The van der Waals surface area contributed by atoms with Crippen molar-refractivity contribution < 1.29 is 27.2 Å². The summed E-state index contributed by atoms with van der Waals surface area (Å²) in [5.41, 5.74) is -1.23. The van der Waals surface area contributed by atoms with Crippen LogP contribution < -0.4 is 10.6 Å². The van der Waals surface area contributed by atoms with Gasteiger partial charge in [-0.3, -0.25) is 0 Å². The van der Waals surface area contributed by atoms with Crippen molar-refractivity contribution in [2.75, 3.05) is 31.8 Å². The zero-order valence-electron chi connectivity index (χ0n) is 14.9. The van der Waals surface area contributed by atoms with Crippen molar-refractivity contribution in [3.63, 3.8) is 0 Å². The normalized spacial score (nSPS) is 12.5. The second-order valence-corrected chi connectivity index (χ2v) is 9.62. The van der Waals surface area contributed by atoms with Crippen LogP contribution in [0.15, 0.2) is 24.5 Å². The molecule has 150 valence electrons. The number of halogens is 4. The summed E-state index contributed by atoms with van der Waals surface area (Å²) >= 11 is 0. The Kier molecular flexibility index (Phi) is 5.20. The van der Waals surface area contributed by atoms with Gasteiger partial charge in [0.15, 0.2) is 0 Å². The summed E-state index contributed by atoms with van der Waals surface area (Å²) in [5.74, 6) is -0.788. The van der Waals surface area contributed by atoms with Crippen molar-refractivity contribution in [3.8, 4) is 11.3 Å². The Hall–Kier alpha value is -2.45. The van der Waals surface area contributed by atoms with Gasteiger partial charge in [-0.15, -0.1) is 0 Å². The zero-order chi connectivity index (χ0) is 20.7. The highest BCUT2D eigenvalue weighted by atomic mass is 31.2. The highest BCUT2D eigenvalue weighted by molar-refractivity contribution is 7.70. The molecule has 0 spiro atoms. The maximum Gasteiger partial charge on any atom is 0.419 e. The molecular weight excluding hydrogens is 399 g/mol. The molecule has 6 nitrogen and oxygen atoms in total. The lowest BCUT2D eigenvalue weighted by Gasteiger charge is -2.13. The number of fused-ring (bicyclic) bond motifs is 1. The van der Waals surface area contributed by atoms with Gasteiger partial charge >= 0.3 is 6.18 Å². The summed E-state index contributed by atoms with van der Waals surface area (Å²) in [5, 5.41) is 11.7. The van der Waals surface area contributed by atoms with Crippen LogP contribution in [0.1, 0.15) is 5.56 Å². The van der Waals surface area contributed by atoms with E-state index in [4.69, 9.17) is 5.11 Å². The lowest BCUT2D eigenvalue weighted by Crippen LogP contribution is -2.14. The molecule has 0 bridgehead atoms. The van der Waals surface area contributed by atoms with E-state index < -0.39 is 30.4 Å². The van der Waals surface area contributed by atoms with Gasteiger partial charge in [-0.25, -0.2) is 14.4 Å². The number of aliphatic hydroxyl groups is 1. The Morgan fingerprint density at radius 2 is 2.00 bits per heavy atom. The molecular formula is C17H17F4N4O2P. The summed E-state index contributed by atoms with van der Waals surface area (Å²) in [4.78, 5) is 10.3. The molecule has 0 fully saturated rings. The number of aliphatic hydroxyl groups excluding tert-OH is 1. The van der Waals surface area contributed by atoms with Crippen molar-refractivity contribution in [2.24, 2.45) is 0 Å². The average Bonchev–Trinajstić information content (AvgIpc) is 3.01. The molecule has 0 aliphatic carbocycles. The SMILES string of the molecule is CP(C)(=O)c1c(F)ccc2c(-c3nc(NCCO)ncc3C(F)(F)F)c[nH]c12. The van der Waals surface area contributed by atoms with Crippen LogP contribution in [-0.2, 0) is 10.7 Å². The first-order chi connectivity index (χ1) is 13.0. The minimum atomic E-state index is -4.72. The molecule has 3 aromatic rings. The minimum Gasteiger partial charge on any atom is -0.395 e. The number of anilines is 1. The number of alkyl halides is 3. The van der Waals surface area contributed by atoms with Crippen molar-refractivity contribution in [2.45, 2.75) is 6.18 Å². The van der Waals surface area contributed by atoms with Crippen LogP contribution >= 0.6 is 7.14 Å². The second kappa shape index (κ2) is 7.18. The van der Waals surface area contributed by atoms with Gasteiger partial charge in [-0.05, 0) is 25.5 Å². The summed E-state index contributed by atoms with van der Waals surface area (Å²) in [7, 11) is -3.05. The molecule has 28 heavy (non-hydrogen) atoms. The molecule has 0 atom stereocenters. The number of benzene rings is 1. The predicted molar refractivity (Wildman–Crippen MR) is 98.9 cm³/mol. The molecule has 11 heteroatoms. The van der Waals surface area contributed by atoms with Crippen LogP contribution in [0, 0.1) is 5.82 Å². The molecule has 0 aliphatic heterocycles. The molecule has 3 rings (SSSR count). The third-order valence-corrected chi connectivity index (χ3v) is 5.58. The molecule has 0 saturated carbocycles. The monoisotopic (exact) mass is 416 g/mol. The summed E-state index contributed by atoms with van der Waals surface area (Å²) in [6, 6.07) is 2.40. The van der Waals surface area contributed by atoms with Crippen LogP contribution in [-0.4, -0.2) is 46.5 Å². The summed E-state index contributed by atoms with van der Waals surface area (Å²) < 4.78 is 67.3. The van der Waals surface area contributed by atoms with Crippen LogP contribution in [0.3, 0.4) is 0 Å². The van der Waals surface area contributed by atoms with Crippen LogP contribution in [0.25, 0.3) is 22.2 Å². The van der Waals surface area contributed by atoms with E-state index in [1.54, 1.807) is 0 Å². The topological polar surface area (TPSA) is 90.9 Å². The maximum absolute atomic E-state index is 14.3. The van der Waals surface area contributed by atoms with E-state index in [1.807, 2.05) is 0 Å². The molecule has 2 heterocycles. The van der Waals surface area contributed by atoms with Gasteiger partial charge in [-0.1, -0.05) is 0 Å². The van der Waals surface area contributed by atoms with Gasteiger partial charge in [-0.2, -0.15) is 13.2 Å². The molecule has 0 saturated heterocycles. The van der Waals surface area contributed by atoms with Crippen molar-refractivity contribution in [1.82, 2.24) is 15.0 Å². The van der Waals surface area contributed by atoms with E-state index in [0.717, 1.165) is 6.07 Å². The number of aromatic nitrogens is 3. The van der Waals surface area contributed by atoms with E-state index in [9.17, 15) is 22.1 Å². The number of nitrogens with zero attached hydrogens (tertiary/aromatic N) is 2. The number of H-pyrrole nitrogens is 1. The van der Waals surface area contributed by atoms with Crippen molar-refractivity contribution in [1.29, 1.82) is 0 Å². The third-order valence-electron chi connectivity index (χ3n) is 4.06. The predicted octanol–water partition coefficient (Wildman–Crippen LogP) is 3.44. The molecule has 0 radical (unpaired) electrons. The first-order valence-corrected chi connectivity index (χ1v) is 10.8. The minimum absolute atomic E-state index is 0.0579. The maximum atomic E-state index is 14.3. The van der Waals surface area contributed by atoms with Gasteiger partial charge in [0.05, 0.1) is 23.1 Å². The summed E-state index contributed by atoms with van der Waals surface area (Å²) in [6.07, 6.45) is -2.80. The fourth-order valence-corrected chi connectivity index (χ4v) is 4.24. The Morgan fingerprint density at radius 1 is 1.29 bits per heavy atom. The van der Waals surface area contributed by atoms with Crippen LogP contribution in [0.4, 0.5) is 23.5 Å². The van der Waals surface area contributed by atoms with E-state index >= 15 is 0 Å². The smallest absolute Gasteiger partial charge is 0.395 e. The lowest BCUT2D eigenvalue weighted by molar-refractivity contribution is -0.137. The van der Waals surface area contributed by atoms with E-state index in [2.05, 4.69) is 20.3 Å². The van der Waals surface area contributed by atoms with Gasteiger partial charge in [0.2, 0.25) is 5.95 Å². The van der Waals surface area contributed by atoms with Crippen LogP contribution in [0.2, 0.25) is 0 Å². The van der Waals surface area contributed by atoms with E-state index in [0.29, 0.717) is 6.20 Å². The molecule has 0 aliphatic rings. The highest BCUT2D eigenvalue weighted by Gasteiger charge is 2.36. The first kappa shape index (κ1) is 20.3. The number of hydrogen-bond donors (Lipinski definition) is 3. The second-order valence-electron chi connectivity index (χ2n) is 6.48. The Balaban J connectivity index is 2.28. The standard InChI is InChI=1S/C17H17F4N4O2P/c1-28(2,27)15-12(18)4-3-9-10(7-23-14(9)15)13-11(17(19,20)21)8-24-16(25-13)22-5-6-26/h3-4,7-8,23,26H,5-6H2,1-2H3,(H,22,24,25). The van der Waals surface area contributed by atoms with Crippen LogP contribution in [0.5, 0.6) is 0 Å². The number of nitrogens with one attached hydrogen (secondary N) is 2. The van der Waals surface area contributed by atoms with E-state index in [-0.39, 0.29) is 40.9 Å². The molecule has 3 N–H and O–H groups in total. The van der Waals surface area contributed by atoms with E-state index in [1.165, 1.54) is 25.6 Å². The Bertz CT molecular complexity index is 1070. The molecule has 0 unspecified atom stereocenters. The van der Waals surface area contributed by atoms with Crippen molar-refractivity contribution >= 4 is 29.3 Å². The quantitative estimate of drug-likeness (QED) is 0.438. The zero-order valence-corrected chi connectivity index (χ0v) is 15.8. The first-order valence-electron chi connectivity index (χ1n) is 8.18. The van der Waals surface area contributed by atoms with Gasteiger partial charge < -0.3 is 20.0 Å². The summed E-state index contributed by atoms with van der Waals surface area (Å²) in [6.45, 7) is 2.57. The fourth-order valence-electron chi connectivity index (χ4n) is 2.93. The van der Waals surface area contributed by atoms with Gasteiger partial charge in [0.25, 0.3) is 0 Å². The number of hydrogen-bond acceptors (Lipinski definition) is 5. The van der Waals surface area contributed by atoms with Crippen molar-refractivity contribution in [3.05, 3.63) is 35.9 Å². The Morgan fingerprint density at radius 3 is 2.61 bits per heavy atom. The highest BCUT2D eigenvalue weighted by Crippen LogP contribution is 2.42. The Labute approximate surface area is 157 Å².